The first-order valence-corrected chi connectivity index (χ1v) is 7.79. The van der Waals surface area contributed by atoms with Crippen molar-refractivity contribution in [2.24, 2.45) is 5.84 Å². The number of esters is 1. The molecule has 0 saturated heterocycles. The van der Waals surface area contributed by atoms with E-state index in [4.69, 9.17) is 10.6 Å². The zero-order chi connectivity index (χ0) is 14.5. The predicted molar refractivity (Wildman–Crippen MR) is 78.2 cm³/mol. The molecule has 0 atom stereocenters. The minimum Gasteiger partial charge on any atom is -0.459 e. The number of aromatic nitrogens is 2. The summed E-state index contributed by atoms with van der Waals surface area (Å²) in [5, 5.41) is 1.28. The molecular weight excluding hydrogens is 284 g/mol. The molecule has 106 valence electrons. The number of rotatable bonds is 5. The molecule has 19 heavy (non-hydrogen) atoms. The largest absolute Gasteiger partial charge is 0.459 e. The summed E-state index contributed by atoms with van der Waals surface area (Å²) in [6.45, 7) is 5.51. The fraction of sp³-hybridized carbons (Fsp3) is 0.545. The van der Waals surface area contributed by atoms with Crippen LogP contribution in [0, 0.1) is 0 Å². The minimum absolute atomic E-state index is 0.201. The van der Waals surface area contributed by atoms with Crippen LogP contribution in [0.25, 0.3) is 0 Å². The molecule has 0 radical (unpaired) electrons. The van der Waals surface area contributed by atoms with Crippen LogP contribution in [0.3, 0.4) is 0 Å². The van der Waals surface area contributed by atoms with E-state index in [1.54, 1.807) is 6.07 Å². The van der Waals surface area contributed by atoms with E-state index in [0.29, 0.717) is 16.0 Å². The normalized spacial score (nSPS) is 11.2. The maximum Gasteiger partial charge on any atom is 0.316 e. The van der Waals surface area contributed by atoms with E-state index in [1.165, 1.54) is 23.5 Å². The second-order valence-electron chi connectivity index (χ2n) is 4.60. The van der Waals surface area contributed by atoms with Gasteiger partial charge in [-0.2, -0.15) is 0 Å². The van der Waals surface area contributed by atoms with Crippen molar-refractivity contribution in [3.63, 3.8) is 0 Å². The molecule has 0 aliphatic rings. The highest BCUT2D eigenvalue weighted by Gasteiger charge is 2.16. The zero-order valence-corrected chi connectivity index (χ0v) is 13.0. The summed E-state index contributed by atoms with van der Waals surface area (Å²) in [4.78, 5) is 20.0. The molecule has 3 N–H and O–H groups in total. The van der Waals surface area contributed by atoms with Gasteiger partial charge >= 0.3 is 5.97 Å². The van der Waals surface area contributed by atoms with E-state index in [9.17, 15) is 4.79 Å². The van der Waals surface area contributed by atoms with Gasteiger partial charge in [-0.05, 0) is 27.0 Å². The van der Waals surface area contributed by atoms with Crippen LogP contribution in [0.1, 0.15) is 20.8 Å². The van der Waals surface area contributed by atoms with Crippen LogP contribution in [0.2, 0.25) is 0 Å². The Hall–Kier alpha value is -0.990. The summed E-state index contributed by atoms with van der Waals surface area (Å²) >= 11 is 2.70. The summed E-state index contributed by atoms with van der Waals surface area (Å²) in [7, 11) is 0. The van der Waals surface area contributed by atoms with Gasteiger partial charge in [-0.1, -0.05) is 23.5 Å². The first-order chi connectivity index (χ1) is 8.84. The van der Waals surface area contributed by atoms with Gasteiger partial charge in [0.15, 0.2) is 5.16 Å². The van der Waals surface area contributed by atoms with Gasteiger partial charge in [-0.15, -0.1) is 0 Å². The van der Waals surface area contributed by atoms with Crippen molar-refractivity contribution in [3.8, 4) is 0 Å². The molecular formula is C11H18N4O2S2. The third-order valence-electron chi connectivity index (χ3n) is 1.77. The highest BCUT2D eigenvalue weighted by Crippen LogP contribution is 2.22. The van der Waals surface area contributed by atoms with E-state index in [-0.39, 0.29) is 11.7 Å². The molecule has 0 unspecified atom stereocenters. The summed E-state index contributed by atoms with van der Waals surface area (Å²) in [6, 6.07) is 1.69. The Morgan fingerprint density at radius 3 is 2.68 bits per heavy atom. The molecule has 0 spiro atoms. The van der Waals surface area contributed by atoms with Crippen molar-refractivity contribution in [3.05, 3.63) is 6.07 Å². The lowest BCUT2D eigenvalue weighted by Gasteiger charge is -2.19. The van der Waals surface area contributed by atoms with Gasteiger partial charge < -0.3 is 10.2 Å². The standard InChI is InChI=1S/C11H18N4O2S2/c1-11(2,3)17-9(16)6-19-8-5-7(15-12)13-10(14-8)18-4/h5H,6,12H2,1-4H3,(H,13,14,15). The minimum atomic E-state index is -0.474. The lowest BCUT2D eigenvalue weighted by Crippen LogP contribution is -2.24. The molecule has 0 aromatic carbocycles. The van der Waals surface area contributed by atoms with Crippen molar-refractivity contribution >= 4 is 35.3 Å². The van der Waals surface area contributed by atoms with Gasteiger partial charge in [0.25, 0.3) is 0 Å². The Bertz CT molecular complexity index is 427. The summed E-state index contributed by atoms with van der Waals surface area (Å²) in [5.41, 5.74) is 2.00. The van der Waals surface area contributed by atoms with Gasteiger partial charge in [-0.3, -0.25) is 4.79 Å². The molecule has 1 aromatic heterocycles. The molecule has 1 heterocycles. The number of carbonyl (C=O) groups excluding carboxylic acids is 1. The van der Waals surface area contributed by atoms with Crippen LogP contribution < -0.4 is 11.3 Å². The summed E-state index contributed by atoms with van der Waals surface area (Å²) in [6.07, 6.45) is 1.87. The third-order valence-corrected chi connectivity index (χ3v) is 3.20. The lowest BCUT2D eigenvalue weighted by atomic mass is 10.2. The number of hydrazine groups is 1. The van der Waals surface area contributed by atoms with Crippen molar-refractivity contribution in [2.75, 3.05) is 17.4 Å². The van der Waals surface area contributed by atoms with Gasteiger partial charge in [0.1, 0.15) is 16.4 Å². The van der Waals surface area contributed by atoms with Crippen molar-refractivity contribution < 1.29 is 9.53 Å². The van der Waals surface area contributed by atoms with Crippen molar-refractivity contribution in [1.82, 2.24) is 9.97 Å². The second-order valence-corrected chi connectivity index (χ2v) is 6.37. The summed E-state index contributed by atoms with van der Waals surface area (Å²) < 4.78 is 5.22. The number of anilines is 1. The monoisotopic (exact) mass is 302 g/mol. The molecule has 1 rings (SSSR count). The maximum absolute atomic E-state index is 11.6. The molecule has 0 fully saturated rings. The number of hydrogen-bond donors (Lipinski definition) is 2. The van der Waals surface area contributed by atoms with Gasteiger partial charge in [-0.25, -0.2) is 15.8 Å². The molecule has 0 saturated carbocycles. The van der Waals surface area contributed by atoms with E-state index in [1.807, 2.05) is 27.0 Å². The number of nitrogens with one attached hydrogen (secondary N) is 1. The number of thioether (sulfide) groups is 2. The first kappa shape index (κ1) is 16.1. The smallest absolute Gasteiger partial charge is 0.316 e. The fourth-order valence-corrected chi connectivity index (χ4v) is 2.25. The first-order valence-electron chi connectivity index (χ1n) is 5.58. The van der Waals surface area contributed by atoms with Crippen molar-refractivity contribution in [2.45, 2.75) is 36.6 Å². The van der Waals surface area contributed by atoms with Gasteiger partial charge in [0, 0.05) is 6.07 Å². The average Bonchev–Trinajstić information content (AvgIpc) is 2.33. The fourth-order valence-electron chi connectivity index (χ4n) is 1.15. The van der Waals surface area contributed by atoms with Crippen LogP contribution in [-0.2, 0) is 9.53 Å². The molecule has 0 aliphatic heterocycles. The topological polar surface area (TPSA) is 90.1 Å². The SMILES string of the molecule is CSc1nc(NN)cc(SCC(=O)OC(C)(C)C)n1. The van der Waals surface area contributed by atoms with Crippen LogP contribution in [0.5, 0.6) is 0 Å². The number of hydrogen-bond acceptors (Lipinski definition) is 8. The summed E-state index contributed by atoms with van der Waals surface area (Å²) in [5.74, 6) is 5.78. The van der Waals surface area contributed by atoms with Crippen LogP contribution in [-0.4, -0.2) is 33.5 Å². The Morgan fingerprint density at radius 1 is 1.47 bits per heavy atom. The van der Waals surface area contributed by atoms with Crippen LogP contribution >= 0.6 is 23.5 Å². The molecule has 1 aromatic rings. The second kappa shape index (κ2) is 6.97. The molecule has 0 bridgehead atoms. The number of nitrogens with zero attached hydrogens (tertiary/aromatic N) is 2. The Morgan fingerprint density at radius 2 is 2.16 bits per heavy atom. The number of ether oxygens (including phenoxy) is 1. The number of nitrogens with two attached hydrogens (primary N) is 1. The average molecular weight is 302 g/mol. The molecule has 6 nitrogen and oxygen atoms in total. The zero-order valence-electron chi connectivity index (χ0n) is 11.4. The Labute approximate surface area is 121 Å². The maximum atomic E-state index is 11.6. The lowest BCUT2D eigenvalue weighted by molar-refractivity contribution is -0.151. The van der Waals surface area contributed by atoms with E-state index in [2.05, 4.69) is 15.4 Å². The third kappa shape index (κ3) is 6.13. The molecule has 0 amide bonds. The quantitative estimate of drug-likeness (QED) is 0.213. The van der Waals surface area contributed by atoms with E-state index >= 15 is 0 Å². The highest BCUT2D eigenvalue weighted by molar-refractivity contribution is 8.00. The van der Waals surface area contributed by atoms with Gasteiger partial charge in [0.05, 0.1) is 5.75 Å². The van der Waals surface area contributed by atoms with Crippen molar-refractivity contribution in [1.29, 1.82) is 0 Å². The highest BCUT2D eigenvalue weighted by atomic mass is 32.2. The van der Waals surface area contributed by atoms with E-state index in [0.717, 1.165) is 0 Å². The number of carbonyl (C=O) groups is 1. The van der Waals surface area contributed by atoms with Gasteiger partial charge in [0.2, 0.25) is 0 Å². The number of nitrogen functional groups attached to an aromatic ring is 1. The Balaban J connectivity index is 2.64. The van der Waals surface area contributed by atoms with Crippen LogP contribution in [0.4, 0.5) is 5.82 Å². The van der Waals surface area contributed by atoms with E-state index < -0.39 is 5.60 Å². The molecule has 8 heteroatoms. The predicted octanol–water partition coefficient (Wildman–Crippen LogP) is 1.92. The molecule has 0 aliphatic carbocycles. The van der Waals surface area contributed by atoms with Crippen LogP contribution in [0.15, 0.2) is 16.2 Å². The Kier molecular flexibility index (Phi) is 5.89.